The Hall–Kier alpha value is -0.120. The molecule has 1 saturated heterocycles. The summed E-state index contributed by atoms with van der Waals surface area (Å²) in [7, 11) is 4.00. The van der Waals surface area contributed by atoms with Crippen LogP contribution in [0.5, 0.6) is 0 Å². The van der Waals surface area contributed by atoms with E-state index in [1.54, 1.807) is 0 Å². The van der Waals surface area contributed by atoms with Crippen LogP contribution < -0.4 is 0 Å². The topological polar surface area (TPSA) is 32.7 Å². The average molecular weight is 187 g/mol. The third-order valence-corrected chi connectivity index (χ3v) is 3.29. The third-order valence-electron chi connectivity index (χ3n) is 3.29. The normalized spacial score (nSPS) is 26.8. The molecule has 1 aliphatic heterocycles. The number of hydrogen-bond acceptors (Lipinski definition) is 3. The molecular weight excluding hydrogens is 166 g/mol. The first-order valence-electron chi connectivity index (χ1n) is 4.89. The molecule has 0 radical (unpaired) electrons. The summed E-state index contributed by atoms with van der Waals surface area (Å²) in [6.07, 6.45) is 0.684. The minimum atomic E-state index is -0.301. The Morgan fingerprint density at radius 2 is 2.08 bits per heavy atom. The molecule has 1 aliphatic rings. The van der Waals surface area contributed by atoms with E-state index in [0.29, 0.717) is 12.5 Å². The molecule has 0 aromatic carbocycles. The minimum absolute atomic E-state index is 0.168. The van der Waals surface area contributed by atoms with Gasteiger partial charge in [-0.05, 0) is 34.4 Å². The molecule has 0 aliphatic carbocycles. The second-order valence-corrected chi connectivity index (χ2v) is 4.62. The van der Waals surface area contributed by atoms with Crippen molar-refractivity contribution in [3.63, 3.8) is 0 Å². The van der Waals surface area contributed by atoms with Crippen LogP contribution >= 0.6 is 0 Å². The molecule has 2 atom stereocenters. The molecule has 0 aromatic rings. The van der Waals surface area contributed by atoms with Gasteiger partial charge in [-0.2, -0.15) is 0 Å². The summed E-state index contributed by atoms with van der Waals surface area (Å²) in [5.74, 6) is 0.303. The molecule has 1 N–H and O–H groups in total. The summed E-state index contributed by atoms with van der Waals surface area (Å²) >= 11 is 0. The van der Waals surface area contributed by atoms with E-state index in [1.807, 2.05) is 14.1 Å². The largest absolute Gasteiger partial charge is 0.391 e. The Bertz CT molecular complexity index is 162. The lowest BCUT2D eigenvalue weighted by Gasteiger charge is -2.39. The molecule has 2 unspecified atom stereocenters. The number of aliphatic hydroxyl groups excluding tert-OH is 1. The summed E-state index contributed by atoms with van der Waals surface area (Å²) in [6, 6.07) is 0. The van der Waals surface area contributed by atoms with Gasteiger partial charge in [0.25, 0.3) is 0 Å². The van der Waals surface area contributed by atoms with Gasteiger partial charge in [-0.3, -0.25) is 0 Å². The van der Waals surface area contributed by atoms with Crippen LogP contribution in [-0.4, -0.2) is 49.0 Å². The first-order valence-corrected chi connectivity index (χ1v) is 4.89. The Morgan fingerprint density at radius 1 is 1.46 bits per heavy atom. The van der Waals surface area contributed by atoms with Crippen molar-refractivity contribution in [1.82, 2.24) is 4.90 Å². The van der Waals surface area contributed by atoms with Crippen LogP contribution in [0.4, 0.5) is 0 Å². The Labute approximate surface area is 80.7 Å². The lowest BCUT2D eigenvalue weighted by Crippen LogP contribution is -2.51. The molecule has 1 rings (SSSR count). The Morgan fingerprint density at radius 3 is 2.46 bits per heavy atom. The van der Waals surface area contributed by atoms with Crippen LogP contribution in [0.3, 0.4) is 0 Å². The highest BCUT2D eigenvalue weighted by molar-refractivity contribution is 4.91. The van der Waals surface area contributed by atoms with Gasteiger partial charge < -0.3 is 14.7 Å². The number of rotatable bonds is 3. The van der Waals surface area contributed by atoms with Crippen LogP contribution in [0.1, 0.15) is 20.3 Å². The van der Waals surface area contributed by atoms with Crippen molar-refractivity contribution in [2.24, 2.45) is 5.92 Å². The second kappa shape index (κ2) is 3.95. The SMILES string of the molecule is CN(C)C(C)(C)C(O)C1CCOC1. The smallest absolute Gasteiger partial charge is 0.0769 e. The van der Waals surface area contributed by atoms with Gasteiger partial charge in [0.1, 0.15) is 0 Å². The second-order valence-electron chi connectivity index (χ2n) is 4.62. The van der Waals surface area contributed by atoms with Gasteiger partial charge in [-0.25, -0.2) is 0 Å². The molecule has 13 heavy (non-hydrogen) atoms. The predicted octanol–water partition coefficient (Wildman–Crippen LogP) is 0.724. The lowest BCUT2D eigenvalue weighted by molar-refractivity contribution is -0.0230. The Kier molecular flexibility index (Phi) is 3.33. The van der Waals surface area contributed by atoms with Gasteiger partial charge in [-0.15, -0.1) is 0 Å². The molecule has 78 valence electrons. The van der Waals surface area contributed by atoms with Crippen LogP contribution in [-0.2, 0) is 4.74 Å². The zero-order valence-electron chi connectivity index (χ0n) is 9.08. The van der Waals surface area contributed by atoms with Gasteiger partial charge >= 0.3 is 0 Å². The van der Waals surface area contributed by atoms with Crippen molar-refractivity contribution in [3.05, 3.63) is 0 Å². The summed E-state index contributed by atoms with van der Waals surface area (Å²) in [5, 5.41) is 10.1. The lowest BCUT2D eigenvalue weighted by atomic mass is 9.85. The van der Waals surface area contributed by atoms with E-state index in [9.17, 15) is 5.11 Å². The zero-order valence-corrected chi connectivity index (χ0v) is 9.08. The minimum Gasteiger partial charge on any atom is -0.391 e. The van der Waals surface area contributed by atoms with E-state index < -0.39 is 0 Å². The number of ether oxygens (including phenoxy) is 1. The van der Waals surface area contributed by atoms with Crippen molar-refractivity contribution in [2.75, 3.05) is 27.3 Å². The quantitative estimate of drug-likeness (QED) is 0.707. The van der Waals surface area contributed by atoms with Crippen LogP contribution in [0.25, 0.3) is 0 Å². The molecule has 0 bridgehead atoms. The van der Waals surface area contributed by atoms with Gasteiger partial charge in [0.15, 0.2) is 0 Å². The van der Waals surface area contributed by atoms with Gasteiger partial charge in [0, 0.05) is 18.1 Å². The first kappa shape index (κ1) is 11.0. The number of nitrogens with zero attached hydrogens (tertiary/aromatic N) is 1. The van der Waals surface area contributed by atoms with Crippen molar-refractivity contribution >= 4 is 0 Å². The molecule has 3 heteroatoms. The molecule has 1 heterocycles. The predicted molar refractivity (Wildman–Crippen MR) is 52.7 cm³/mol. The Balaban J connectivity index is 2.58. The third kappa shape index (κ3) is 2.22. The first-order chi connectivity index (χ1) is 5.96. The van der Waals surface area contributed by atoms with E-state index >= 15 is 0 Å². The number of hydrogen-bond donors (Lipinski definition) is 1. The highest BCUT2D eigenvalue weighted by atomic mass is 16.5. The summed E-state index contributed by atoms with van der Waals surface area (Å²) < 4.78 is 5.27. The highest BCUT2D eigenvalue weighted by Crippen LogP contribution is 2.27. The molecule has 3 nitrogen and oxygen atoms in total. The van der Waals surface area contributed by atoms with E-state index in [1.165, 1.54) is 0 Å². The maximum absolute atomic E-state index is 10.1. The zero-order chi connectivity index (χ0) is 10.1. The van der Waals surface area contributed by atoms with Crippen molar-refractivity contribution in [3.8, 4) is 0 Å². The van der Waals surface area contributed by atoms with Crippen LogP contribution in [0.2, 0.25) is 0 Å². The van der Waals surface area contributed by atoms with Crippen molar-refractivity contribution in [1.29, 1.82) is 0 Å². The summed E-state index contributed by atoms with van der Waals surface area (Å²) in [4.78, 5) is 2.07. The van der Waals surface area contributed by atoms with E-state index in [0.717, 1.165) is 13.0 Å². The molecule has 0 spiro atoms. The summed E-state index contributed by atoms with van der Waals surface area (Å²) in [6.45, 7) is 5.63. The van der Waals surface area contributed by atoms with Crippen LogP contribution in [0, 0.1) is 5.92 Å². The fourth-order valence-electron chi connectivity index (χ4n) is 1.64. The molecule has 0 amide bonds. The molecule has 1 fully saturated rings. The van der Waals surface area contributed by atoms with E-state index in [4.69, 9.17) is 4.74 Å². The summed E-state index contributed by atoms with van der Waals surface area (Å²) in [5.41, 5.74) is -0.168. The fourth-order valence-corrected chi connectivity index (χ4v) is 1.64. The fraction of sp³-hybridized carbons (Fsp3) is 1.00. The highest BCUT2D eigenvalue weighted by Gasteiger charge is 2.37. The van der Waals surface area contributed by atoms with Gasteiger partial charge in [0.05, 0.1) is 12.7 Å². The van der Waals surface area contributed by atoms with Crippen molar-refractivity contribution in [2.45, 2.75) is 31.9 Å². The average Bonchev–Trinajstić information content (AvgIpc) is 2.54. The van der Waals surface area contributed by atoms with Crippen LogP contribution in [0.15, 0.2) is 0 Å². The standard InChI is InChI=1S/C10H21NO2/c1-10(2,11(3)4)9(12)8-5-6-13-7-8/h8-9,12H,5-7H2,1-4H3. The maximum Gasteiger partial charge on any atom is 0.0769 e. The monoisotopic (exact) mass is 187 g/mol. The van der Waals surface area contributed by atoms with E-state index in [-0.39, 0.29) is 11.6 Å². The molecule has 0 saturated carbocycles. The van der Waals surface area contributed by atoms with Gasteiger partial charge in [0.2, 0.25) is 0 Å². The number of aliphatic hydroxyl groups is 1. The number of likely N-dealkylation sites (N-methyl/N-ethyl adjacent to an activating group) is 1. The molecule has 0 aromatic heterocycles. The van der Waals surface area contributed by atoms with Crippen molar-refractivity contribution < 1.29 is 9.84 Å². The van der Waals surface area contributed by atoms with Gasteiger partial charge in [-0.1, -0.05) is 0 Å². The van der Waals surface area contributed by atoms with E-state index in [2.05, 4.69) is 18.7 Å². The molecular formula is C10H21NO2. The maximum atomic E-state index is 10.1.